The van der Waals surface area contributed by atoms with Crippen LogP contribution in [0.5, 0.6) is 5.75 Å². The van der Waals surface area contributed by atoms with E-state index in [9.17, 15) is 14.4 Å². The number of halogens is 1. The van der Waals surface area contributed by atoms with Crippen LogP contribution in [0.2, 0.25) is 5.02 Å². The molecule has 3 amide bonds. The topological polar surface area (TPSA) is 79.0 Å². The molecule has 1 atom stereocenters. The maximum Gasteiger partial charge on any atom is 0.239 e. The van der Waals surface area contributed by atoms with Gasteiger partial charge in [-0.25, -0.2) is 0 Å². The van der Waals surface area contributed by atoms with Crippen LogP contribution in [0.4, 0.5) is 5.69 Å². The van der Waals surface area contributed by atoms with Gasteiger partial charge < -0.3 is 19.9 Å². The Morgan fingerprint density at radius 2 is 2.17 bits per heavy atom. The van der Waals surface area contributed by atoms with E-state index in [-0.39, 0.29) is 37.2 Å². The number of thiophene rings is 1. The van der Waals surface area contributed by atoms with E-state index in [1.54, 1.807) is 29.5 Å². The predicted octanol–water partition coefficient (Wildman–Crippen LogP) is 2.93. The highest BCUT2D eigenvalue weighted by Crippen LogP contribution is 2.35. The zero-order chi connectivity index (χ0) is 21.7. The van der Waals surface area contributed by atoms with E-state index in [0.29, 0.717) is 29.5 Å². The lowest BCUT2D eigenvalue weighted by molar-refractivity contribution is -0.139. The Balaban J connectivity index is 1.63. The van der Waals surface area contributed by atoms with Crippen LogP contribution < -0.4 is 15.0 Å². The summed E-state index contributed by atoms with van der Waals surface area (Å²) < 4.78 is 5.34. The molecule has 0 aliphatic carbocycles. The van der Waals surface area contributed by atoms with Crippen molar-refractivity contribution in [2.24, 2.45) is 5.92 Å². The minimum atomic E-state index is -0.522. The number of nitrogens with zero attached hydrogens (tertiary/aromatic N) is 2. The Kier molecular flexibility index (Phi) is 7.33. The lowest BCUT2D eigenvalue weighted by Gasteiger charge is -2.24. The number of ether oxygens (including phenoxy) is 1. The molecular weight excluding hydrogens is 426 g/mol. The van der Waals surface area contributed by atoms with Crippen molar-refractivity contribution in [2.45, 2.75) is 19.9 Å². The molecule has 1 aliphatic rings. The van der Waals surface area contributed by atoms with Gasteiger partial charge in [-0.3, -0.25) is 14.4 Å². The summed E-state index contributed by atoms with van der Waals surface area (Å²) >= 11 is 7.64. The molecule has 1 aromatic heterocycles. The number of benzene rings is 1. The normalized spacial score (nSPS) is 15.9. The van der Waals surface area contributed by atoms with Crippen LogP contribution in [0.3, 0.4) is 0 Å². The minimum absolute atomic E-state index is 0.0358. The third kappa shape index (κ3) is 5.12. The summed E-state index contributed by atoms with van der Waals surface area (Å²) in [5.74, 6) is -0.614. The average molecular weight is 450 g/mol. The van der Waals surface area contributed by atoms with Gasteiger partial charge in [-0.2, -0.15) is 0 Å². The Morgan fingerprint density at radius 1 is 1.37 bits per heavy atom. The van der Waals surface area contributed by atoms with E-state index in [4.69, 9.17) is 16.3 Å². The van der Waals surface area contributed by atoms with Crippen LogP contribution in [-0.2, 0) is 20.9 Å². The number of carbonyl (C=O) groups is 3. The van der Waals surface area contributed by atoms with Gasteiger partial charge in [0.25, 0.3) is 0 Å². The molecule has 2 heterocycles. The molecule has 1 fully saturated rings. The second-order valence-electron chi connectivity index (χ2n) is 6.93. The van der Waals surface area contributed by atoms with Crippen LogP contribution in [0.1, 0.15) is 18.2 Å². The first-order valence-corrected chi connectivity index (χ1v) is 10.9. The molecule has 0 saturated carbocycles. The summed E-state index contributed by atoms with van der Waals surface area (Å²) in [7, 11) is 1.52. The quantitative estimate of drug-likeness (QED) is 0.672. The molecular formula is C21H24ClN3O4S. The van der Waals surface area contributed by atoms with Crippen LogP contribution in [0.25, 0.3) is 0 Å². The highest BCUT2D eigenvalue weighted by molar-refractivity contribution is 7.09. The third-order valence-corrected chi connectivity index (χ3v) is 6.09. The summed E-state index contributed by atoms with van der Waals surface area (Å²) in [6.07, 6.45) is 0.0851. The van der Waals surface area contributed by atoms with Crippen molar-refractivity contribution in [3.8, 4) is 5.75 Å². The monoisotopic (exact) mass is 449 g/mol. The lowest BCUT2D eigenvalue weighted by Crippen LogP contribution is -2.43. The van der Waals surface area contributed by atoms with E-state index >= 15 is 0 Å². The number of carbonyl (C=O) groups excluding carboxylic acids is 3. The number of anilines is 1. The van der Waals surface area contributed by atoms with Crippen LogP contribution in [0, 0.1) is 5.92 Å². The standard InChI is InChI=1S/C21H24ClN3O4S/c1-3-24(13-19(26)23-11-16-5-4-8-30-16)21(28)14-9-20(27)25(12-14)17-10-15(22)6-7-18(17)29-2/h4-8,10,14H,3,9,11-13H2,1-2H3,(H,23,26)/t14-/m1/s1. The molecule has 0 bridgehead atoms. The molecule has 1 saturated heterocycles. The van der Waals surface area contributed by atoms with Gasteiger partial charge in [0.1, 0.15) is 5.75 Å². The number of likely N-dealkylation sites (N-methyl/N-ethyl adjacent to an activating group) is 1. The molecule has 9 heteroatoms. The van der Waals surface area contributed by atoms with Gasteiger partial charge in [-0.05, 0) is 36.6 Å². The molecule has 1 aliphatic heterocycles. The van der Waals surface area contributed by atoms with Crippen molar-refractivity contribution in [1.29, 1.82) is 0 Å². The van der Waals surface area contributed by atoms with Crippen molar-refractivity contribution in [1.82, 2.24) is 10.2 Å². The van der Waals surface area contributed by atoms with Crippen LogP contribution in [0.15, 0.2) is 35.7 Å². The molecule has 0 radical (unpaired) electrons. The van der Waals surface area contributed by atoms with Crippen molar-refractivity contribution >= 4 is 46.3 Å². The molecule has 3 rings (SSSR count). The molecule has 30 heavy (non-hydrogen) atoms. The summed E-state index contributed by atoms with van der Waals surface area (Å²) in [4.78, 5) is 42.0. The first-order valence-electron chi connectivity index (χ1n) is 9.64. The molecule has 1 N–H and O–H groups in total. The number of rotatable bonds is 8. The highest BCUT2D eigenvalue weighted by Gasteiger charge is 2.38. The van der Waals surface area contributed by atoms with Gasteiger partial charge in [-0.15, -0.1) is 11.3 Å². The molecule has 7 nitrogen and oxygen atoms in total. The summed E-state index contributed by atoms with van der Waals surface area (Å²) in [5, 5.41) is 5.25. The van der Waals surface area contributed by atoms with Gasteiger partial charge >= 0.3 is 0 Å². The van der Waals surface area contributed by atoms with Crippen molar-refractivity contribution < 1.29 is 19.1 Å². The maximum atomic E-state index is 13.0. The fraction of sp³-hybridized carbons (Fsp3) is 0.381. The first-order chi connectivity index (χ1) is 14.4. The van der Waals surface area contributed by atoms with Crippen LogP contribution >= 0.6 is 22.9 Å². The van der Waals surface area contributed by atoms with E-state index in [1.807, 2.05) is 24.4 Å². The van der Waals surface area contributed by atoms with Gasteiger partial charge in [0.15, 0.2) is 0 Å². The van der Waals surface area contributed by atoms with Gasteiger partial charge in [0.05, 0.1) is 31.8 Å². The van der Waals surface area contributed by atoms with Crippen molar-refractivity contribution in [2.75, 3.05) is 31.6 Å². The Morgan fingerprint density at radius 3 is 2.83 bits per heavy atom. The fourth-order valence-electron chi connectivity index (χ4n) is 3.41. The third-order valence-electron chi connectivity index (χ3n) is 4.97. The summed E-state index contributed by atoms with van der Waals surface area (Å²) in [5.41, 5.74) is 0.544. The van der Waals surface area contributed by atoms with E-state index in [2.05, 4.69) is 5.32 Å². The zero-order valence-corrected chi connectivity index (χ0v) is 18.5. The smallest absolute Gasteiger partial charge is 0.239 e. The van der Waals surface area contributed by atoms with Gasteiger partial charge in [0, 0.05) is 29.4 Å². The Labute approximate surface area is 184 Å². The number of hydrogen-bond donors (Lipinski definition) is 1. The average Bonchev–Trinajstić information content (AvgIpc) is 3.39. The Bertz CT molecular complexity index is 919. The second kappa shape index (κ2) is 9.95. The Hall–Kier alpha value is -2.58. The van der Waals surface area contributed by atoms with E-state index in [0.717, 1.165) is 4.88 Å². The summed E-state index contributed by atoms with van der Waals surface area (Å²) in [6, 6.07) is 8.89. The molecule has 1 aromatic carbocycles. The number of methoxy groups -OCH3 is 1. The lowest BCUT2D eigenvalue weighted by atomic mass is 10.1. The molecule has 0 unspecified atom stereocenters. The summed E-state index contributed by atoms with van der Waals surface area (Å²) in [6.45, 7) is 2.83. The van der Waals surface area contributed by atoms with Crippen molar-refractivity contribution in [3.63, 3.8) is 0 Å². The van der Waals surface area contributed by atoms with Crippen molar-refractivity contribution in [3.05, 3.63) is 45.6 Å². The minimum Gasteiger partial charge on any atom is -0.495 e. The zero-order valence-electron chi connectivity index (χ0n) is 16.9. The SMILES string of the molecule is CCN(CC(=O)NCc1cccs1)C(=O)[C@@H]1CC(=O)N(c2cc(Cl)ccc2OC)C1. The highest BCUT2D eigenvalue weighted by atomic mass is 35.5. The second-order valence-corrected chi connectivity index (χ2v) is 8.40. The fourth-order valence-corrected chi connectivity index (χ4v) is 4.22. The van der Waals surface area contributed by atoms with E-state index in [1.165, 1.54) is 16.9 Å². The largest absolute Gasteiger partial charge is 0.495 e. The number of nitrogens with one attached hydrogen (secondary N) is 1. The van der Waals surface area contributed by atoms with Crippen LogP contribution in [-0.4, -0.2) is 49.4 Å². The van der Waals surface area contributed by atoms with Gasteiger partial charge in [0.2, 0.25) is 17.7 Å². The number of hydrogen-bond acceptors (Lipinski definition) is 5. The predicted molar refractivity (Wildman–Crippen MR) is 117 cm³/mol. The van der Waals surface area contributed by atoms with E-state index < -0.39 is 5.92 Å². The first kappa shape index (κ1) is 22.1. The molecule has 2 aromatic rings. The maximum absolute atomic E-state index is 13.0. The molecule has 0 spiro atoms. The molecule has 160 valence electrons. The van der Waals surface area contributed by atoms with Gasteiger partial charge in [-0.1, -0.05) is 17.7 Å². The number of amides is 3.